The number of carbonyl (C=O) groups is 2. The first-order valence-corrected chi connectivity index (χ1v) is 12.4. The van der Waals surface area contributed by atoms with E-state index in [0.29, 0.717) is 41.1 Å². The number of ether oxygens (including phenoxy) is 2. The number of fused-ring (bicyclic) bond motifs is 1. The first-order chi connectivity index (χ1) is 19.0. The number of hydrogen-bond acceptors (Lipinski definition) is 7. The number of aromatic nitrogens is 2. The van der Waals surface area contributed by atoms with E-state index in [2.05, 4.69) is 10.3 Å². The number of nitrogens with one attached hydrogen (secondary N) is 1. The lowest BCUT2D eigenvalue weighted by atomic mass is 9.89. The minimum absolute atomic E-state index is 0.0569. The molecule has 0 bridgehead atoms. The van der Waals surface area contributed by atoms with E-state index in [-0.39, 0.29) is 30.1 Å². The number of carbonyl (C=O) groups excluding carboxylic acids is 2. The van der Waals surface area contributed by atoms with Gasteiger partial charge in [-0.1, -0.05) is 0 Å². The smallest absolute Gasteiger partial charge is 0.414 e. The molecule has 13 heteroatoms. The number of pyridine rings is 1. The van der Waals surface area contributed by atoms with Crippen molar-refractivity contribution in [2.75, 3.05) is 32.6 Å². The number of amides is 2. The Bertz CT molecular complexity index is 1470. The third kappa shape index (κ3) is 5.81. The third-order valence-electron chi connectivity index (χ3n) is 6.99. The van der Waals surface area contributed by atoms with Crippen molar-refractivity contribution >= 4 is 28.5 Å². The molecule has 1 aliphatic rings. The Morgan fingerprint density at radius 2 is 1.93 bits per heavy atom. The number of nitrogens with zero attached hydrogens (tertiary/aromatic N) is 4. The molecule has 3 heterocycles. The van der Waals surface area contributed by atoms with E-state index in [1.165, 1.54) is 43.5 Å². The Balaban J connectivity index is 1.58. The van der Waals surface area contributed by atoms with Crippen molar-refractivity contribution in [3.05, 3.63) is 47.3 Å². The molecule has 1 fully saturated rings. The number of aliphatic hydroxyl groups is 1. The fraction of sp³-hybridized carbons (Fsp3) is 0.407. The standard InChI is InChI=1S/C27H28F3N5O5/c1-34-14-19(16-4-6-35(7-5-16)22(37)11-21(36)27(28,29)30)23-24(40-3)20(13-32-25(23)34)33-26(38)17-8-15(12-31)9-18(10-17)39-2/h8-10,13-14,16,21,36H,4-7,11H2,1-3H3,(H,33,38)/t21-/m1/s1. The van der Waals surface area contributed by atoms with E-state index in [9.17, 15) is 33.1 Å². The van der Waals surface area contributed by atoms with E-state index in [0.717, 1.165) is 5.56 Å². The van der Waals surface area contributed by atoms with Crippen molar-refractivity contribution in [3.8, 4) is 17.6 Å². The maximum absolute atomic E-state index is 13.1. The zero-order chi connectivity index (χ0) is 29.2. The second-order valence-corrected chi connectivity index (χ2v) is 9.53. The van der Waals surface area contributed by atoms with Crippen LogP contribution in [0, 0.1) is 11.3 Å². The minimum Gasteiger partial charge on any atom is -0.497 e. The van der Waals surface area contributed by atoms with Crippen molar-refractivity contribution in [3.63, 3.8) is 0 Å². The van der Waals surface area contributed by atoms with Gasteiger partial charge in [-0.05, 0) is 42.5 Å². The highest BCUT2D eigenvalue weighted by atomic mass is 19.4. The summed E-state index contributed by atoms with van der Waals surface area (Å²) in [6, 6.07) is 6.45. The number of methoxy groups -OCH3 is 2. The number of aliphatic hydroxyl groups excluding tert-OH is 1. The first-order valence-electron chi connectivity index (χ1n) is 12.4. The minimum atomic E-state index is -4.85. The molecule has 2 aromatic heterocycles. The monoisotopic (exact) mass is 559 g/mol. The van der Waals surface area contributed by atoms with Gasteiger partial charge in [0.1, 0.15) is 17.1 Å². The number of benzene rings is 1. The van der Waals surface area contributed by atoms with Crippen LogP contribution >= 0.6 is 0 Å². The molecule has 1 atom stereocenters. The van der Waals surface area contributed by atoms with Crippen LogP contribution in [0.2, 0.25) is 0 Å². The van der Waals surface area contributed by atoms with Crippen molar-refractivity contribution < 1.29 is 37.3 Å². The van der Waals surface area contributed by atoms with Gasteiger partial charge in [0.05, 0.1) is 43.9 Å². The number of halogens is 3. The van der Waals surface area contributed by atoms with Gasteiger partial charge in [0.15, 0.2) is 11.9 Å². The van der Waals surface area contributed by atoms with Gasteiger partial charge in [-0.25, -0.2) is 4.98 Å². The van der Waals surface area contributed by atoms with E-state index < -0.39 is 30.5 Å². The summed E-state index contributed by atoms with van der Waals surface area (Å²) in [6.45, 7) is 0.460. The van der Waals surface area contributed by atoms with Crippen LogP contribution in [0.4, 0.5) is 18.9 Å². The summed E-state index contributed by atoms with van der Waals surface area (Å²) >= 11 is 0. The second kappa shape index (κ2) is 11.4. The van der Waals surface area contributed by atoms with E-state index in [1.54, 1.807) is 0 Å². The van der Waals surface area contributed by atoms with Gasteiger partial charge in [0, 0.05) is 31.9 Å². The summed E-state index contributed by atoms with van der Waals surface area (Å²) in [7, 11) is 4.71. The van der Waals surface area contributed by atoms with Crippen molar-refractivity contribution in [2.45, 2.75) is 37.5 Å². The SMILES string of the molecule is COc1cc(C#N)cc(C(=O)Nc2cnc3c(c(C4CCN(C(=O)C[C@@H](O)C(F)(F)F)CC4)cn3C)c2OC)c1. The molecular formula is C27H28F3N5O5. The lowest BCUT2D eigenvalue weighted by molar-refractivity contribution is -0.207. The van der Waals surface area contributed by atoms with Crippen molar-refractivity contribution in [1.82, 2.24) is 14.5 Å². The number of piperidine rings is 1. The molecule has 3 aromatic rings. The predicted octanol–water partition coefficient (Wildman–Crippen LogP) is 3.73. The molecule has 212 valence electrons. The van der Waals surface area contributed by atoms with Crippen LogP contribution in [0.5, 0.6) is 11.5 Å². The molecule has 0 spiro atoms. The van der Waals surface area contributed by atoms with E-state index in [4.69, 9.17) is 9.47 Å². The number of rotatable bonds is 7. The molecule has 1 aromatic carbocycles. The van der Waals surface area contributed by atoms with Gasteiger partial charge in [-0.2, -0.15) is 18.4 Å². The lowest BCUT2D eigenvalue weighted by Gasteiger charge is -2.32. The van der Waals surface area contributed by atoms with Gasteiger partial charge < -0.3 is 29.4 Å². The van der Waals surface area contributed by atoms with Gasteiger partial charge in [0.2, 0.25) is 5.91 Å². The van der Waals surface area contributed by atoms with Crippen LogP contribution < -0.4 is 14.8 Å². The Labute approximate surface area is 227 Å². The Morgan fingerprint density at radius 3 is 2.52 bits per heavy atom. The average molecular weight is 560 g/mol. The second-order valence-electron chi connectivity index (χ2n) is 9.53. The zero-order valence-corrected chi connectivity index (χ0v) is 22.1. The summed E-state index contributed by atoms with van der Waals surface area (Å²) < 4.78 is 50.7. The highest BCUT2D eigenvalue weighted by Crippen LogP contribution is 2.41. The molecule has 0 radical (unpaired) electrons. The van der Waals surface area contributed by atoms with E-state index in [1.807, 2.05) is 23.9 Å². The predicted molar refractivity (Wildman–Crippen MR) is 138 cm³/mol. The fourth-order valence-corrected chi connectivity index (χ4v) is 4.91. The Morgan fingerprint density at radius 1 is 1.23 bits per heavy atom. The Kier molecular flexibility index (Phi) is 8.20. The lowest BCUT2D eigenvalue weighted by Crippen LogP contribution is -2.41. The van der Waals surface area contributed by atoms with Gasteiger partial charge >= 0.3 is 6.18 Å². The number of nitriles is 1. The number of aryl methyl sites for hydroxylation is 1. The molecule has 0 aliphatic carbocycles. The van der Waals surface area contributed by atoms with Crippen LogP contribution in [0.15, 0.2) is 30.6 Å². The van der Waals surface area contributed by atoms with Crippen molar-refractivity contribution in [2.24, 2.45) is 7.05 Å². The largest absolute Gasteiger partial charge is 0.497 e. The van der Waals surface area contributed by atoms with Gasteiger partial charge in [-0.3, -0.25) is 9.59 Å². The van der Waals surface area contributed by atoms with Crippen LogP contribution in [-0.4, -0.2) is 71.0 Å². The number of likely N-dealkylation sites (tertiary alicyclic amines) is 1. The fourth-order valence-electron chi connectivity index (χ4n) is 4.91. The van der Waals surface area contributed by atoms with Crippen LogP contribution in [0.3, 0.4) is 0 Å². The molecule has 0 unspecified atom stereocenters. The highest BCUT2D eigenvalue weighted by molar-refractivity contribution is 6.07. The molecule has 0 saturated carbocycles. The molecule has 2 N–H and O–H groups in total. The van der Waals surface area contributed by atoms with Gasteiger partial charge in [0.25, 0.3) is 5.91 Å². The number of hydrogen-bond donors (Lipinski definition) is 2. The maximum atomic E-state index is 13.1. The van der Waals surface area contributed by atoms with Crippen LogP contribution in [0.25, 0.3) is 11.0 Å². The quantitative estimate of drug-likeness (QED) is 0.451. The maximum Gasteiger partial charge on any atom is 0.414 e. The zero-order valence-electron chi connectivity index (χ0n) is 22.1. The van der Waals surface area contributed by atoms with E-state index >= 15 is 0 Å². The summed E-state index contributed by atoms with van der Waals surface area (Å²) in [4.78, 5) is 31.3. The molecule has 1 aliphatic heterocycles. The number of alkyl halides is 3. The summed E-state index contributed by atoms with van der Waals surface area (Å²) in [5.74, 6) is -0.571. The first kappa shape index (κ1) is 28.7. The molecule has 4 rings (SSSR count). The van der Waals surface area contributed by atoms with Crippen LogP contribution in [-0.2, 0) is 11.8 Å². The van der Waals surface area contributed by atoms with Crippen LogP contribution in [0.1, 0.15) is 46.7 Å². The molecule has 10 nitrogen and oxygen atoms in total. The summed E-state index contributed by atoms with van der Waals surface area (Å²) in [5, 5.41) is 22.0. The molecule has 1 saturated heterocycles. The normalized spacial score (nSPS) is 15.0. The third-order valence-corrected chi connectivity index (χ3v) is 6.99. The number of anilines is 1. The summed E-state index contributed by atoms with van der Waals surface area (Å²) in [6.07, 6.45) is -4.22. The van der Waals surface area contributed by atoms with Crippen molar-refractivity contribution in [1.29, 1.82) is 5.26 Å². The highest BCUT2D eigenvalue weighted by Gasteiger charge is 2.40. The van der Waals surface area contributed by atoms with Gasteiger partial charge in [-0.15, -0.1) is 0 Å². The average Bonchev–Trinajstić information content (AvgIpc) is 3.28. The molecular weight excluding hydrogens is 531 g/mol. The topological polar surface area (TPSA) is 130 Å². The Hall–Kier alpha value is -4.31. The molecule has 2 amide bonds. The molecule has 40 heavy (non-hydrogen) atoms. The summed E-state index contributed by atoms with van der Waals surface area (Å²) in [5.41, 5.74) is 2.24.